The third kappa shape index (κ3) is 1.96. The highest BCUT2D eigenvalue weighted by molar-refractivity contribution is 6.31. The molecule has 17 heavy (non-hydrogen) atoms. The predicted molar refractivity (Wildman–Crippen MR) is 72.8 cm³/mol. The lowest BCUT2D eigenvalue weighted by Crippen LogP contribution is -2.34. The summed E-state index contributed by atoms with van der Waals surface area (Å²) in [6, 6.07) is 6.73. The second-order valence-corrected chi connectivity index (χ2v) is 5.21. The Balaban J connectivity index is 2.04. The van der Waals surface area contributed by atoms with E-state index in [0.29, 0.717) is 6.04 Å². The second kappa shape index (κ2) is 4.35. The van der Waals surface area contributed by atoms with E-state index < -0.39 is 0 Å². The molecule has 90 valence electrons. The first kappa shape index (κ1) is 11.1. The Morgan fingerprint density at radius 3 is 3.18 bits per heavy atom. The van der Waals surface area contributed by atoms with Gasteiger partial charge < -0.3 is 10.3 Å². The lowest BCUT2D eigenvalue weighted by atomic mass is 9.91. The van der Waals surface area contributed by atoms with Gasteiger partial charge in [-0.15, -0.1) is 0 Å². The highest BCUT2D eigenvalue weighted by Gasteiger charge is 2.21. The maximum Gasteiger partial charge on any atom is 0.0460 e. The van der Waals surface area contributed by atoms with Crippen molar-refractivity contribution in [3.05, 3.63) is 34.5 Å². The fourth-order valence-corrected chi connectivity index (χ4v) is 3.02. The number of hydrogen-bond donors (Lipinski definition) is 2. The maximum absolute atomic E-state index is 6.09. The highest BCUT2D eigenvalue weighted by atomic mass is 35.5. The van der Waals surface area contributed by atoms with Gasteiger partial charge in [0, 0.05) is 27.7 Å². The number of hydrogen-bond acceptors (Lipinski definition) is 1. The summed E-state index contributed by atoms with van der Waals surface area (Å²) in [6.45, 7) is 3.21. The van der Waals surface area contributed by atoms with Gasteiger partial charge in [-0.05, 0) is 49.6 Å². The normalized spacial score (nSPS) is 19.5. The standard InChI is InChI=1S/C14H17ClN2/c1-2-16-10-4-6-14-12(8-10)11-7-9(15)3-5-13(11)17-14/h3,5,7,10,16-17H,2,4,6,8H2,1H3/t10-/m0/s1. The summed E-state index contributed by atoms with van der Waals surface area (Å²) < 4.78 is 0. The van der Waals surface area contributed by atoms with Crippen molar-refractivity contribution >= 4 is 22.5 Å². The van der Waals surface area contributed by atoms with Gasteiger partial charge in [-0.3, -0.25) is 0 Å². The maximum atomic E-state index is 6.09. The molecule has 2 nitrogen and oxygen atoms in total. The molecule has 0 bridgehead atoms. The number of H-pyrrole nitrogens is 1. The minimum Gasteiger partial charge on any atom is -0.358 e. The summed E-state index contributed by atoms with van der Waals surface area (Å²) in [5, 5.41) is 5.67. The topological polar surface area (TPSA) is 27.8 Å². The van der Waals surface area contributed by atoms with Crippen molar-refractivity contribution in [3.63, 3.8) is 0 Å². The van der Waals surface area contributed by atoms with Crippen LogP contribution in [-0.2, 0) is 12.8 Å². The Morgan fingerprint density at radius 1 is 1.47 bits per heavy atom. The van der Waals surface area contributed by atoms with Gasteiger partial charge in [0.25, 0.3) is 0 Å². The molecule has 1 aliphatic carbocycles. The average Bonchev–Trinajstić information content (AvgIpc) is 2.67. The van der Waals surface area contributed by atoms with Gasteiger partial charge in [0.05, 0.1) is 0 Å². The molecular weight excluding hydrogens is 232 g/mol. The molecule has 1 atom stereocenters. The molecule has 0 aliphatic heterocycles. The molecule has 1 aromatic heterocycles. The molecule has 1 aromatic carbocycles. The first-order valence-corrected chi connectivity index (χ1v) is 6.68. The number of fused-ring (bicyclic) bond motifs is 3. The molecule has 2 N–H and O–H groups in total. The van der Waals surface area contributed by atoms with Crippen molar-refractivity contribution in [1.29, 1.82) is 0 Å². The number of aromatic amines is 1. The van der Waals surface area contributed by atoms with Crippen molar-refractivity contribution < 1.29 is 0 Å². The number of nitrogens with one attached hydrogen (secondary N) is 2. The van der Waals surface area contributed by atoms with Crippen LogP contribution in [0.3, 0.4) is 0 Å². The van der Waals surface area contributed by atoms with Crippen molar-refractivity contribution in [2.75, 3.05) is 6.54 Å². The SMILES string of the molecule is CCN[C@H]1CCc2[nH]c3ccc(Cl)cc3c2C1. The third-order valence-electron chi connectivity index (χ3n) is 3.64. The Labute approximate surface area is 106 Å². The van der Waals surface area contributed by atoms with Gasteiger partial charge in [-0.25, -0.2) is 0 Å². The molecule has 0 radical (unpaired) electrons. The third-order valence-corrected chi connectivity index (χ3v) is 3.88. The zero-order valence-corrected chi connectivity index (χ0v) is 10.8. The molecule has 0 unspecified atom stereocenters. The molecule has 0 fully saturated rings. The zero-order chi connectivity index (χ0) is 11.8. The van der Waals surface area contributed by atoms with Gasteiger partial charge in [-0.2, -0.15) is 0 Å². The monoisotopic (exact) mass is 248 g/mol. The highest BCUT2D eigenvalue weighted by Crippen LogP contribution is 2.30. The number of benzene rings is 1. The lowest BCUT2D eigenvalue weighted by molar-refractivity contribution is 0.470. The summed E-state index contributed by atoms with van der Waals surface area (Å²) in [6.07, 6.45) is 3.48. The number of likely N-dealkylation sites (N-methyl/N-ethyl adjacent to an activating group) is 1. The molecule has 0 saturated carbocycles. The van der Waals surface area contributed by atoms with Gasteiger partial charge in [0.15, 0.2) is 0 Å². The van der Waals surface area contributed by atoms with Crippen molar-refractivity contribution in [2.45, 2.75) is 32.2 Å². The van der Waals surface area contributed by atoms with Crippen LogP contribution in [0.15, 0.2) is 18.2 Å². The Hall–Kier alpha value is -0.990. The van der Waals surface area contributed by atoms with Crippen LogP contribution in [0.5, 0.6) is 0 Å². The largest absolute Gasteiger partial charge is 0.358 e. The molecule has 0 saturated heterocycles. The predicted octanol–water partition coefficient (Wildman–Crippen LogP) is 3.29. The quantitative estimate of drug-likeness (QED) is 0.839. The molecule has 1 heterocycles. The van der Waals surface area contributed by atoms with Gasteiger partial charge in [0.1, 0.15) is 0 Å². The van der Waals surface area contributed by atoms with E-state index in [0.717, 1.165) is 24.4 Å². The van der Waals surface area contributed by atoms with Crippen LogP contribution in [-0.4, -0.2) is 17.6 Å². The summed E-state index contributed by atoms with van der Waals surface area (Å²) >= 11 is 6.09. The molecule has 2 aromatic rings. The number of rotatable bonds is 2. The van der Waals surface area contributed by atoms with E-state index in [1.807, 2.05) is 6.07 Å². The van der Waals surface area contributed by atoms with Crippen LogP contribution in [0.2, 0.25) is 5.02 Å². The van der Waals surface area contributed by atoms with E-state index in [1.54, 1.807) is 0 Å². The van der Waals surface area contributed by atoms with Crippen LogP contribution in [0.1, 0.15) is 24.6 Å². The first-order valence-electron chi connectivity index (χ1n) is 6.30. The first-order chi connectivity index (χ1) is 8.28. The summed E-state index contributed by atoms with van der Waals surface area (Å²) in [4.78, 5) is 3.52. The zero-order valence-electron chi connectivity index (χ0n) is 10.0. The minimum atomic E-state index is 0.616. The van der Waals surface area contributed by atoms with Crippen molar-refractivity contribution in [3.8, 4) is 0 Å². The number of aromatic nitrogens is 1. The molecule has 0 spiro atoms. The van der Waals surface area contributed by atoms with Crippen LogP contribution in [0.25, 0.3) is 10.9 Å². The van der Waals surface area contributed by atoms with E-state index in [-0.39, 0.29) is 0 Å². The fourth-order valence-electron chi connectivity index (χ4n) is 2.85. The number of aryl methyl sites for hydroxylation is 1. The molecule has 1 aliphatic rings. The van der Waals surface area contributed by atoms with Crippen LogP contribution >= 0.6 is 11.6 Å². The summed E-state index contributed by atoms with van der Waals surface area (Å²) in [5.74, 6) is 0. The Bertz CT molecular complexity index is 544. The number of halogens is 1. The van der Waals surface area contributed by atoms with E-state index >= 15 is 0 Å². The summed E-state index contributed by atoms with van der Waals surface area (Å²) in [5.41, 5.74) is 4.08. The van der Waals surface area contributed by atoms with E-state index in [9.17, 15) is 0 Å². The van der Waals surface area contributed by atoms with Crippen molar-refractivity contribution in [2.24, 2.45) is 0 Å². The fraction of sp³-hybridized carbons (Fsp3) is 0.429. The van der Waals surface area contributed by atoms with Gasteiger partial charge in [-0.1, -0.05) is 18.5 Å². The van der Waals surface area contributed by atoms with Crippen molar-refractivity contribution in [1.82, 2.24) is 10.3 Å². The average molecular weight is 249 g/mol. The Morgan fingerprint density at radius 2 is 2.35 bits per heavy atom. The lowest BCUT2D eigenvalue weighted by Gasteiger charge is -2.23. The smallest absolute Gasteiger partial charge is 0.0460 e. The van der Waals surface area contributed by atoms with E-state index in [2.05, 4.69) is 29.4 Å². The molecule has 3 heteroatoms. The minimum absolute atomic E-state index is 0.616. The molecular formula is C14H17ClN2. The van der Waals surface area contributed by atoms with Crippen LogP contribution < -0.4 is 5.32 Å². The van der Waals surface area contributed by atoms with Gasteiger partial charge in [0.2, 0.25) is 0 Å². The molecule has 3 rings (SSSR count). The second-order valence-electron chi connectivity index (χ2n) is 4.77. The summed E-state index contributed by atoms with van der Waals surface area (Å²) in [7, 11) is 0. The van der Waals surface area contributed by atoms with Crippen LogP contribution in [0, 0.1) is 0 Å². The van der Waals surface area contributed by atoms with Crippen LogP contribution in [0.4, 0.5) is 0 Å². The van der Waals surface area contributed by atoms with E-state index in [1.165, 1.54) is 28.6 Å². The van der Waals surface area contributed by atoms with E-state index in [4.69, 9.17) is 11.6 Å². The van der Waals surface area contributed by atoms with Gasteiger partial charge >= 0.3 is 0 Å². The molecule has 0 amide bonds. The Kier molecular flexibility index (Phi) is 2.85.